The first-order valence-corrected chi connectivity index (χ1v) is 10.5. The molecular formula is C25H29NO6. The lowest BCUT2D eigenvalue weighted by Crippen LogP contribution is -2.33. The topological polar surface area (TPSA) is 87.0 Å². The minimum Gasteiger partial charge on any atom is -0.493 e. The Hall–Kier alpha value is -3.24. The van der Waals surface area contributed by atoms with Gasteiger partial charge in [-0.3, -0.25) is 4.79 Å². The molecule has 2 heterocycles. The van der Waals surface area contributed by atoms with Crippen LogP contribution in [-0.4, -0.2) is 42.6 Å². The van der Waals surface area contributed by atoms with Crippen molar-refractivity contribution in [2.75, 3.05) is 26.9 Å². The summed E-state index contributed by atoms with van der Waals surface area (Å²) in [5, 5.41) is 8.82. The number of esters is 1. The van der Waals surface area contributed by atoms with E-state index in [0.717, 1.165) is 11.1 Å². The van der Waals surface area contributed by atoms with E-state index in [0.29, 0.717) is 23.6 Å². The zero-order valence-electron chi connectivity index (χ0n) is 19.2. The highest BCUT2D eigenvalue weighted by Gasteiger charge is 2.34. The number of hydrogen-bond donors (Lipinski definition) is 1. The molecular weight excluding hydrogens is 410 g/mol. The van der Waals surface area contributed by atoms with Gasteiger partial charge < -0.3 is 23.9 Å². The average Bonchev–Trinajstić information content (AvgIpc) is 2.74. The first-order chi connectivity index (χ1) is 15.2. The Bertz CT molecular complexity index is 1130. The molecule has 7 nitrogen and oxygen atoms in total. The van der Waals surface area contributed by atoms with Crippen molar-refractivity contribution in [3.05, 3.63) is 45.7 Å². The molecule has 0 fully saturated rings. The maximum atomic E-state index is 12.8. The second kappa shape index (κ2) is 9.49. The highest BCUT2D eigenvalue weighted by Crippen LogP contribution is 2.45. The van der Waals surface area contributed by atoms with E-state index >= 15 is 0 Å². The largest absolute Gasteiger partial charge is 0.493 e. The van der Waals surface area contributed by atoms with Crippen molar-refractivity contribution in [3.8, 4) is 34.6 Å². The highest BCUT2D eigenvalue weighted by molar-refractivity contribution is 5.89. The summed E-state index contributed by atoms with van der Waals surface area (Å²) in [5.74, 6) is 5.73. The fraction of sp³-hybridized carbons (Fsp3) is 0.440. The number of carbonyl (C=O) groups is 1. The van der Waals surface area contributed by atoms with Crippen LogP contribution in [0, 0.1) is 17.3 Å². The van der Waals surface area contributed by atoms with Gasteiger partial charge in [0.15, 0.2) is 16.9 Å². The van der Waals surface area contributed by atoms with E-state index in [9.17, 15) is 9.59 Å². The summed E-state index contributed by atoms with van der Waals surface area (Å²) < 4.78 is 18.4. The number of rotatable bonds is 5. The number of fused-ring (bicyclic) bond motifs is 3. The van der Waals surface area contributed by atoms with E-state index < -0.39 is 5.97 Å². The quantitative estimate of drug-likeness (QED) is 0.569. The summed E-state index contributed by atoms with van der Waals surface area (Å²) >= 11 is 0. The molecule has 0 amide bonds. The average molecular weight is 440 g/mol. The first kappa shape index (κ1) is 23.4. The number of pyridine rings is 1. The first-order valence-electron chi connectivity index (χ1n) is 10.5. The number of aliphatic hydroxyl groups is 1. The molecule has 1 unspecified atom stereocenters. The standard InChI is InChI=1S/C25H29NO6/c1-6-31-24(29)18-15-26-19(14-20(18)28)17-13-21(30-5)22(32-10-8-7-9-27)11-16(17)12-23(26)25(2,3)4/h11,13-15,23,27H,6,9-10,12H2,1-5H3. The molecule has 3 rings (SSSR count). The molecule has 0 aliphatic carbocycles. The molecule has 7 heteroatoms. The summed E-state index contributed by atoms with van der Waals surface area (Å²) in [7, 11) is 1.55. The number of methoxy groups -OCH3 is 1. The molecule has 1 atom stereocenters. The van der Waals surface area contributed by atoms with Crippen LogP contribution in [-0.2, 0) is 11.2 Å². The van der Waals surface area contributed by atoms with Crippen LogP contribution in [0.4, 0.5) is 0 Å². The van der Waals surface area contributed by atoms with E-state index in [4.69, 9.17) is 19.3 Å². The third-order valence-corrected chi connectivity index (χ3v) is 5.49. The summed E-state index contributed by atoms with van der Waals surface area (Å²) in [6.45, 7) is 8.19. The third-order valence-electron chi connectivity index (χ3n) is 5.49. The molecule has 0 radical (unpaired) electrons. The Balaban J connectivity index is 2.17. The molecule has 2 aromatic rings. The fourth-order valence-electron chi connectivity index (χ4n) is 3.92. The Morgan fingerprint density at radius 3 is 2.59 bits per heavy atom. The summed E-state index contributed by atoms with van der Waals surface area (Å²) in [6, 6.07) is 5.25. The number of aliphatic hydroxyl groups excluding tert-OH is 1. The van der Waals surface area contributed by atoms with Gasteiger partial charge in [0.2, 0.25) is 0 Å². The van der Waals surface area contributed by atoms with Crippen LogP contribution in [0.3, 0.4) is 0 Å². The van der Waals surface area contributed by atoms with Crippen molar-refractivity contribution in [2.45, 2.75) is 40.2 Å². The number of carbonyl (C=O) groups excluding carboxylic acids is 1. The zero-order valence-corrected chi connectivity index (χ0v) is 19.2. The predicted molar refractivity (Wildman–Crippen MR) is 121 cm³/mol. The van der Waals surface area contributed by atoms with Gasteiger partial charge in [-0.2, -0.15) is 0 Å². The van der Waals surface area contributed by atoms with Crippen molar-refractivity contribution in [1.29, 1.82) is 0 Å². The Morgan fingerprint density at radius 1 is 1.22 bits per heavy atom. The molecule has 0 bridgehead atoms. The van der Waals surface area contributed by atoms with Crippen molar-refractivity contribution in [2.24, 2.45) is 5.41 Å². The van der Waals surface area contributed by atoms with Gasteiger partial charge >= 0.3 is 5.97 Å². The van der Waals surface area contributed by atoms with E-state index in [1.165, 1.54) is 6.07 Å². The third kappa shape index (κ3) is 4.66. The fourth-order valence-corrected chi connectivity index (χ4v) is 3.92. The second-order valence-electron chi connectivity index (χ2n) is 8.61. The lowest BCUT2D eigenvalue weighted by Gasteiger charge is -2.39. The SMILES string of the molecule is CCOC(=O)c1cn2c(cc1=O)-c1cc(OC)c(OCC#CCO)cc1CC2C(C)(C)C. The van der Waals surface area contributed by atoms with E-state index in [1.54, 1.807) is 20.2 Å². The lowest BCUT2D eigenvalue weighted by molar-refractivity contribution is 0.0523. The molecule has 1 aromatic carbocycles. The van der Waals surface area contributed by atoms with E-state index in [-0.39, 0.29) is 42.3 Å². The van der Waals surface area contributed by atoms with Crippen LogP contribution in [0.1, 0.15) is 49.7 Å². The Labute approximate surface area is 187 Å². The van der Waals surface area contributed by atoms with Gasteiger partial charge in [0.05, 0.1) is 19.4 Å². The molecule has 170 valence electrons. The lowest BCUT2D eigenvalue weighted by atomic mass is 9.78. The van der Waals surface area contributed by atoms with Crippen LogP contribution in [0.15, 0.2) is 29.2 Å². The second-order valence-corrected chi connectivity index (χ2v) is 8.61. The number of nitrogens with zero attached hydrogens (tertiary/aromatic N) is 1. The van der Waals surface area contributed by atoms with Gasteiger partial charge in [-0.25, -0.2) is 4.79 Å². The number of aromatic nitrogens is 1. The van der Waals surface area contributed by atoms with Crippen molar-refractivity contribution < 1.29 is 24.1 Å². The summed E-state index contributed by atoms with van der Waals surface area (Å²) in [4.78, 5) is 25.1. The molecule has 1 N–H and O–H groups in total. The molecule has 0 saturated carbocycles. The van der Waals surface area contributed by atoms with Gasteiger partial charge in [0, 0.05) is 23.9 Å². The summed E-state index contributed by atoms with van der Waals surface area (Å²) in [6.07, 6.45) is 2.30. The van der Waals surface area contributed by atoms with Crippen LogP contribution in [0.2, 0.25) is 0 Å². The maximum Gasteiger partial charge on any atom is 0.343 e. The highest BCUT2D eigenvalue weighted by atomic mass is 16.5. The van der Waals surface area contributed by atoms with Crippen LogP contribution >= 0.6 is 0 Å². The van der Waals surface area contributed by atoms with Crippen LogP contribution < -0.4 is 14.9 Å². The Kier molecular flexibility index (Phi) is 6.95. The van der Waals surface area contributed by atoms with Crippen molar-refractivity contribution in [1.82, 2.24) is 4.57 Å². The minimum atomic E-state index is -0.614. The van der Waals surface area contributed by atoms with Gasteiger partial charge in [-0.15, -0.1) is 0 Å². The van der Waals surface area contributed by atoms with Crippen LogP contribution in [0.5, 0.6) is 11.5 Å². The number of hydrogen-bond acceptors (Lipinski definition) is 6. The predicted octanol–water partition coefficient (Wildman–Crippen LogP) is 3.22. The van der Waals surface area contributed by atoms with Gasteiger partial charge in [-0.05, 0) is 36.5 Å². The van der Waals surface area contributed by atoms with Crippen molar-refractivity contribution in [3.63, 3.8) is 0 Å². The van der Waals surface area contributed by atoms with Gasteiger partial charge in [0.25, 0.3) is 0 Å². The minimum absolute atomic E-state index is 0.00537. The molecule has 1 aliphatic heterocycles. The van der Waals surface area contributed by atoms with Gasteiger partial charge in [-0.1, -0.05) is 32.6 Å². The van der Waals surface area contributed by atoms with Crippen molar-refractivity contribution >= 4 is 5.97 Å². The molecule has 32 heavy (non-hydrogen) atoms. The summed E-state index contributed by atoms with van der Waals surface area (Å²) in [5.41, 5.74) is 2.08. The van der Waals surface area contributed by atoms with Gasteiger partial charge in [0.1, 0.15) is 18.8 Å². The Morgan fingerprint density at radius 2 is 1.97 bits per heavy atom. The molecule has 1 aliphatic rings. The number of ether oxygens (including phenoxy) is 3. The zero-order chi connectivity index (χ0) is 23.5. The van der Waals surface area contributed by atoms with Crippen LogP contribution in [0.25, 0.3) is 11.3 Å². The maximum absolute atomic E-state index is 12.8. The molecule has 0 saturated heterocycles. The molecule has 1 aromatic heterocycles. The smallest absolute Gasteiger partial charge is 0.343 e. The normalized spacial score (nSPS) is 14.5. The van der Waals surface area contributed by atoms with E-state index in [1.807, 2.05) is 16.7 Å². The number of benzene rings is 1. The molecule has 0 spiro atoms. The monoisotopic (exact) mass is 439 g/mol. The van der Waals surface area contributed by atoms with E-state index in [2.05, 4.69) is 32.6 Å².